The number of carbonyl (C=O) groups excluding carboxylic acids is 2. The minimum Gasteiger partial charge on any atom is -0.493 e. The SMILES string of the molecule is COC(=O)C1=C(C)NC(C)=C(C(=O)OC)C1c1cccc(OCC2CCC(CO[N+](=O)[O-])CC2)c1. The minimum absolute atomic E-state index is 0.143. The first-order chi connectivity index (χ1) is 16.7. The highest BCUT2D eigenvalue weighted by atomic mass is 16.9. The number of methoxy groups -OCH3 is 2. The molecule has 1 heterocycles. The molecule has 1 N–H and O–H groups in total. The zero-order valence-electron chi connectivity index (χ0n) is 20.5. The number of carbonyl (C=O) groups is 2. The highest BCUT2D eigenvalue weighted by Crippen LogP contribution is 2.40. The second kappa shape index (κ2) is 11.7. The van der Waals surface area contributed by atoms with Gasteiger partial charge in [-0.1, -0.05) is 12.1 Å². The Morgan fingerprint density at radius 3 is 2.03 bits per heavy atom. The van der Waals surface area contributed by atoms with Crippen molar-refractivity contribution >= 4 is 11.9 Å². The summed E-state index contributed by atoms with van der Waals surface area (Å²) in [5.74, 6) is -0.570. The summed E-state index contributed by atoms with van der Waals surface area (Å²) in [6.45, 7) is 4.19. The van der Waals surface area contributed by atoms with Crippen LogP contribution in [0.1, 0.15) is 51.0 Å². The van der Waals surface area contributed by atoms with E-state index in [1.807, 2.05) is 24.3 Å². The van der Waals surface area contributed by atoms with Crippen LogP contribution in [0.15, 0.2) is 46.8 Å². The first kappa shape index (κ1) is 26.1. The summed E-state index contributed by atoms with van der Waals surface area (Å²) in [5.41, 5.74) is 2.60. The Labute approximate surface area is 204 Å². The van der Waals surface area contributed by atoms with E-state index >= 15 is 0 Å². The zero-order chi connectivity index (χ0) is 25.5. The molecule has 0 aromatic heterocycles. The van der Waals surface area contributed by atoms with Gasteiger partial charge in [-0.25, -0.2) is 9.59 Å². The molecular weight excluding hydrogens is 456 g/mol. The monoisotopic (exact) mass is 488 g/mol. The second-order valence-electron chi connectivity index (χ2n) is 8.91. The summed E-state index contributed by atoms with van der Waals surface area (Å²) in [7, 11) is 2.61. The predicted octanol–water partition coefficient (Wildman–Crippen LogP) is 3.66. The summed E-state index contributed by atoms with van der Waals surface area (Å²) in [6, 6.07) is 7.34. The minimum atomic E-state index is -0.741. The molecule has 10 nitrogen and oxygen atoms in total. The third-order valence-corrected chi connectivity index (χ3v) is 6.63. The summed E-state index contributed by atoms with van der Waals surface area (Å²) >= 11 is 0. The lowest BCUT2D eigenvalue weighted by Gasteiger charge is -2.30. The van der Waals surface area contributed by atoms with Crippen LogP contribution in [-0.4, -0.2) is 44.5 Å². The van der Waals surface area contributed by atoms with Gasteiger partial charge in [0.15, 0.2) is 0 Å². The Balaban J connectivity index is 1.75. The van der Waals surface area contributed by atoms with Crippen molar-refractivity contribution in [1.29, 1.82) is 0 Å². The molecule has 0 saturated heterocycles. The van der Waals surface area contributed by atoms with Gasteiger partial charge in [-0.15, -0.1) is 10.1 Å². The lowest BCUT2D eigenvalue weighted by atomic mass is 9.80. The number of nitrogens with zero attached hydrogens (tertiary/aromatic N) is 1. The van der Waals surface area contributed by atoms with Gasteiger partial charge in [-0.2, -0.15) is 0 Å². The van der Waals surface area contributed by atoms with E-state index in [4.69, 9.17) is 14.2 Å². The molecule has 0 atom stereocenters. The summed E-state index contributed by atoms with van der Waals surface area (Å²) in [5, 5.41) is 12.7. The standard InChI is InChI=1S/C25H32N2O8/c1-15-21(24(28)32-3)23(22(16(2)26-15)25(29)33-4)19-6-5-7-20(12-19)34-13-17-8-10-18(11-9-17)14-35-27(30)31/h5-7,12,17-18,23,26H,8-11,13-14H2,1-4H3. The third-order valence-electron chi connectivity index (χ3n) is 6.63. The van der Waals surface area contributed by atoms with Crippen molar-refractivity contribution in [3.63, 3.8) is 0 Å². The van der Waals surface area contributed by atoms with E-state index in [1.165, 1.54) is 14.2 Å². The van der Waals surface area contributed by atoms with Crippen LogP contribution >= 0.6 is 0 Å². The maximum atomic E-state index is 12.7. The van der Waals surface area contributed by atoms with Crippen molar-refractivity contribution in [3.8, 4) is 5.75 Å². The first-order valence-electron chi connectivity index (χ1n) is 11.6. The molecule has 1 fully saturated rings. The van der Waals surface area contributed by atoms with Crippen LogP contribution in [0.5, 0.6) is 5.75 Å². The predicted molar refractivity (Wildman–Crippen MR) is 126 cm³/mol. The largest absolute Gasteiger partial charge is 0.493 e. The number of rotatable bonds is 9. The van der Waals surface area contributed by atoms with Gasteiger partial charge in [-0.05, 0) is 69.1 Å². The van der Waals surface area contributed by atoms with Gasteiger partial charge >= 0.3 is 11.9 Å². The van der Waals surface area contributed by atoms with E-state index in [0.717, 1.165) is 25.7 Å². The molecular formula is C25H32N2O8. The van der Waals surface area contributed by atoms with E-state index in [-0.39, 0.29) is 12.5 Å². The molecule has 1 saturated carbocycles. The summed E-state index contributed by atoms with van der Waals surface area (Å²) < 4.78 is 16.1. The number of dihydropyridines is 1. The van der Waals surface area contributed by atoms with Crippen molar-refractivity contribution in [1.82, 2.24) is 5.32 Å². The topological polar surface area (TPSA) is 126 Å². The van der Waals surface area contributed by atoms with Crippen LogP contribution in [0.25, 0.3) is 0 Å². The molecule has 0 amide bonds. The lowest BCUT2D eigenvalue weighted by molar-refractivity contribution is -0.759. The number of allylic oxidation sites excluding steroid dienone is 2. The third kappa shape index (κ3) is 6.32. The van der Waals surface area contributed by atoms with Gasteiger partial charge < -0.3 is 24.4 Å². The average molecular weight is 489 g/mol. The molecule has 1 aromatic carbocycles. The van der Waals surface area contributed by atoms with Crippen LogP contribution in [0, 0.1) is 22.0 Å². The molecule has 0 spiro atoms. The number of ether oxygens (including phenoxy) is 3. The maximum Gasteiger partial charge on any atom is 0.336 e. The average Bonchev–Trinajstić information content (AvgIpc) is 2.85. The van der Waals surface area contributed by atoms with E-state index < -0.39 is 22.9 Å². The van der Waals surface area contributed by atoms with Gasteiger partial charge in [-0.3, -0.25) is 0 Å². The van der Waals surface area contributed by atoms with E-state index in [1.54, 1.807) is 13.8 Å². The normalized spacial score (nSPS) is 20.7. The number of esters is 2. The molecule has 10 heteroatoms. The molecule has 1 aromatic rings. The van der Waals surface area contributed by atoms with Gasteiger partial charge in [0.05, 0.1) is 44.5 Å². The van der Waals surface area contributed by atoms with Crippen LogP contribution < -0.4 is 10.1 Å². The lowest BCUT2D eigenvalue weighted by Crippen LogP contribution is -2.32. The van der Waals surface area contributed by atoms with Crippen molar-refractivity contribution in [2.75, 3.05) is 27.4 Å². The van der Waals surface area contributed by atoms with Crippen LogP contribution in [0.2, 0.25) is 0 Å². The number of benzene rings is 1. The van der Waals surface area contributed by atoms with Crippen LogP contribution in [0.3, 0.4) is 0 Å². The molecule has 3 rings (SSSR count). The fourth-order valence-electron chi connectivity index (χ4n) is 4.82. The highest BCUT2D eigenvalue weighted by Gasteiger charge is 2.37. The quantitative estimate of drug-likeness (QED) is 0.315. The van der Waals surface area contributed by atoms with Gasteiger partial charge in [0, 0.05) is 11.4 Å². The molecule has 0 unspecified atom stereocenters. The molecule has 35 heavy (non-hydrogen) atoms. The number of hydrogen-bond donors (Lipinski definition) is 1. The second-order valence-corrected chi connectivity index (χ2v) is 8.91. The molecule has 0 radical (unpaired) electrons. The van der Waals surface area contributed by atoms with Gasteiger partial charge in [0.25, 0.3) is 5.09 Å². The molecule has 0 bridgehead atoms. The molecule has 2 aliphatic rings. The summed E-state index contributed by atoms with van der Waals surface area (Å²) in [6.07, 6.45) is 3.53. The Hall–Kier alpha value is -3.56. The Morgan fingerprint density at radius 2 is 1.51 bits per heavy atom. The molecule has 1 aliphatic carbocycles. The Kier molecular flexibility index (Phi) is 8.73. The van der Waals surface area contributed by atoms with Gasteiger partial charge in [0.1, 0.15) is 5.75 Å². The van der Waals surface area contributed by atoms with Gasteiger partial charge in [0.2, 0.25) is 0 Å². The van der Waals surface area contributed by atoms with Crippen LogP contribution in [-0.2, 0) is 23.9 Å². The zero-order valence-corrected chi connectivity index (χ0v) is 20.5. The first-order valence-corrected chi connectivity index (χ1v) is 11.6. The van der Waals surface area contributed by atoms with Crippen LogP contribution in [0.4, 0.5) is 0 Å². The fourth-order valence-corrected chi connectivity index (χ4v) is 4.82. The van der Waals surface area contributed by atoms with E-state index in [2.05, 4.69) is 10.2 Å². The number of nitrogens with one attached hydrogen (secondary N) is 1. The number of hydrogen-bond acceptors (Lipinski definition) is 9. The molecule has 1 aliphatic heterocycles. The van der Waals surface area contributed by atoms with Crippen molar-refractivity contribution < 1.29 is 33.7 Å². The fraction of sp³-hybridized carbons (Fsp3) is 0.520. The Bertz CT molecular complexity index is 986. The maximum absolute atomic E-state index is 12.7. The van der Waals surface area contributed by atoms with Crippen molar-refractivity contribution in [3.05, 3.63) is 62.5 Å². The van der Waals surface area contributed by atoms with E-state index in [9.17, 15) is 19.7 Å². The highest BCUT2D eigenvalue weighted by molar-refractivity contribution is 5.99. The van der Waals surface area contributed by atoms with Crippen molar-refractivity contribution in [2.24, 2.45) is 11.8 Å². The smallest absolute Gasteiger partial charge is 0.336 e. The van der Waals surface area contributed by atoms with E-state index in [0.29, 0.717) is 46.4 Å². The van der Waals surface area contributed by atoms with Crippen molar-refractivity contribution in [2.45, 2.75) is 45.4 Å². The molecule has 190 valence electrons. The summed E-state index contributed by atoms with van der Waals surface area (Å²) in [4.78, 5) is 40.3. The Morgan fingerprint density at radius 1 is 0.971 bits per heavy atom.